The summed E-state index contributed by atoms with van der Waals surface area (Å²) in [7, 11) is 0. The Labute approximate surface area is 185 Å². The second-order valence-corrected chi connectivity index (χ2v) is 9.10. The number of rotatable bonds is 8. The molecular weight excluding hydrogens is 418 g/mol. The molecule has 0 spiro atoms. The number of dihydropyridines is 1. The molecule has 1 fully saturated rings. The molecule has 2 aliphatic rings. The first kappa shape index (κ1) is 22.9. The van der Waals surface area contributed by atoms with E-state index < -0.39 is 22.0 Å². The number of nitrogens with zero attached hydrogens (tertiary/aromatic N) is 1. The minimum absolute atomic E-state index is 0.185. The zero-order valence-electron chi connectivity index (χ0n) is 17.8. The molecule has 1 saturated heterocycles. The number of nitrogens with two attached hydrogens (primary N) is 1. The number of thioether (sulfide) groups is 1. The number of hydrazine groups is 1. The molecule has 2 aliphatic heterocycles. The molecule has 2 heterocycles. The molecule has 0 bridgehead atoms. The number of benzene rings is 1. The van der Waals surface area contributed by atoms with E-state index in [1.165, 1.54) is 6.92 Å². The van der Waals surface area contributed by atoms with Crippen LogP contribution >= 0.6 is 11.8 Å². The van der Waals surface area contributed by atoms with Gasteiger partial charge in [-0.25, -0.2) is 10.9 Å². The first-order valence-corrected chi connectivity index (χ1v) is 10.9. The number of imide groups is 1. The van der Waals surface area contributed by atoms with Gasteiger partial charge in [0.2, 0.25) is 0 Å². The fourth-order valence-electron chi connectivity index (χ4n) is 3.42. The largest absolute Gasteiger partial charge is 0.489 e. The van der Waals surface area contributed by atoms with Gasteiger partial charge in [0, 0.05) is 19.2 Å². The van der Waals surface area contributed by atoms with Crippen LogP contribution in [0.1, 0.15) is 32.8 Å². The van der Waals surface area contributed by atoms with Crippen LogP contribution in [0.4, 0.5) is 4.79 Å². The van der Waals surface area contributed by atoms with Crippen molar-refractivity contribution in [2.24, 2.45) is 5.84 Å². The number of carbonyl (C=O) groups excluding carboxylic acids is 3. The van der Waals surface area contributed by atoms with E-state index in [-0.39, 0.29) is 12.6 Å². The fraction of sp³-hybridized carbons (Fsp3) is 0.409. The summed E-state index contributed by atoms with van der Waals surface area (Å²) in [6.07, 6.45) is 4.74. The Balaban J connectivity index is 1.62. The third kappa shape index (κ3) is 5.48. The normalized spacial score (nSPS) is 21.9. The average Bonchev–Trinajstić information content (AvgIpc) is 2.94. The summed E-state index contributed by atoms with van der Waals surface area (Å²) in [6, 6.07) is 7.27. The van der Waals surface area contributed by atoms with Crippen molar-refractivity contribution in [1.82, 2.24) is 10.3 Å². The first-order chi connectivity index (χ1) is 14.7. The van der Waals surface area contributed by atoms with Crippen molar-refractivity contribution in [3.8, 4) is 5.75 Å². The van der Waals surface area contributed by atoms with E-state index >= 15 is 0 Å². The summed E-state index contributed by atoms with van der Waals surface area (Å²) >= 11 is 0.936. The number of carbonyl (C=O) groups is 3. The molecule has 1 aromatic carbocycles. The van der Waals surface area contributed by atoms with Gasteiger partial charge in [0.25, 0.3) is 5.91 Å². The standard InChI is InChI=1S/C22H27N3O5S/c1-4-17-8-7-16(12-24-17)19(30-14(2)26)13-29-18-9-5-15(6-10-18)11-22(3)20(27)25(23)21(28)31-22/h5-10,19,24H,4,11-13,23H2,1-3H3/t19-,22?/m1/s1. The monoisotopic (exact) mass is 445 g/mol. The molecule has 9 heteroatoms. The van der Waals surface area contributed by atoms with Crippen LogP contribution in [0.5, 0.6) is 5.75 Å². The van der Waals surface area contributed by atoms with Crippen LogP contribution in [0, 0.1) is 0 Å². The Morgan fingerprint density at radius 3 is 2.52 bits per heavy atom. The van der Waals surface area contributed by atoms with E-state index in [2.05, 4.69) is 12.2 Å². The predicted octanol–water partition coefficient (Wildman–Crippen LogP) is 2.69. The van der Waals surface area contributed by atoms with Gasteiger partial charge in [-0.1, -0.05) is 25.1 Å². The van der Waals surface area contributed by atoms with Crippen molar-refractivity contribution in [1.29, 1.82) is 0 Å². The van der Waals surface area contributed by atoms with Crippen molar-refractivity contribution in [2.75, 3.05) is 13.2 Å². The zero-order valence-corrected chi connectivity index (χ0v) is 18.7. The van der Waals surface area contributed by atoms with Crippen LogP contribution in [0.3, 0.4) is 0 Å². The maximum atomic E-state index is 12.2. The van der Waals surface area contributed by atoms with Gasteiger partial charge in [-0.3, -0.25) is 14.4 Å². The quantitative estimate of drug-likeness (QED) is 0.357. The fourth-order valence-corrected chi connectivity index (χ4v) is 4.41. The van der Waals surface area contributed by atoms with Crippen molar-refractivity contribution in [3.63, 3.8) is 0 Å². The lowest BCUT2D eigenvalue weighted by atomic mass is 9.99. The van der Waals surface area contributed by atoms with Crippen molar-refractivity contribution < 1.29 is 23.9 Å². The Hall–Kier alpha value is -2.78. The third-order valence-electron chi connectivity index (χ3n) is 5.17. The van der Waals surface area contributed by atoms with Gasteiger partial charge in [0.1, 0.15) is 17.1 Å². The van der Waals surface area contributed by atoms with Crippen LogP contribution in [0.2, 0.25) is 0 Å². The second kappa shape index (κ2) is 9.57. The molecule has 1 unspecified atom stereocenters. The highest BCUT2D eigenvalue weighted by molar-refractivity contribution is 8.16. The molecule has 3 rings (SSSR count). The third-order valence-corrected chi connectivity index (χ3v) is 6.31. The molecule has 166 valence electrons. The number of allylic oxidation sites excluding steroid dienone is 3. The van der Waals surface area contributed by atoms with E-state index in [4.69, 9.17) is 15.3 Å². The number of esters is 1. The minimum atomic E-state index is -0.917. The topological polar surface area (TPSA) is 111 Å². The molecule has 3 N–H and O–H groups in total. The number of ether oxygens (including phenoxy) is 2. The van der Waals surface area contributed by atoms with Gasteiger partial charge in [-0.15, -0.1) is 0 Å². The predicted molar refractivity (Wildman–Crippen MR) is 118 cm³/mol. The van der Waals surface area contributed by atoms with Crippen molar-refractivity contribution >= 4 is 28.9 Å². The summed E-state index contributed by atoms with van der Waals surface area (Å²) in [6.45, 7) is 5.94. The minimum Gasteiger partial charge on any atom is -0.489 e. The molecule has 31 heavy (non-hydrogen) atoms. The van der Waals surface area contributed by atoms with Crippen LogP contribution in [-0.2, 0) is 20.7 Å². The molecule has 1 aromatic rings. The highest BCUT2D eigenvalue weighted by Crippen LogP contribution is 2.38. The molecular formula is C22H27N3O5S. The highest BCUT2D eigenvalue weighted by atomic mass is 32.2. The molecule has 0 saturated carbocycles. The van der Waals surface area contributed by atoms with Crippen LogP contribution in [0.25, 0.3) is 0 Å². The van der Waals surface area contributed by atoms with Gasteiger partial charge < -0.3 is 14.8 Å². The van der Waals surface area contributed by atoms with Gasteiger partial charge >= 0.3 is 11.2 Å². The number of amides is 2. The first-order valence-electron chi connectivity index (χ1n) is 10.1. The highest BCUT2D eigenvalue weighted by Gasteiger charge is 2.48. The maximum Gasteiger partial charge on any atom is 0.303 e. The summed E-state index contributed by atoms with van der Waals surface area (Å²) in [5.74, 6) is 5.34. The summed E-state index contributed by atoms with van der Waals surface area (Å²) < 4.78 is 10.4. The molecule has 2 amide bonds. The Bertz CT molecular complexity index is 928. The van der Waals surface area contributed by atoms with Gasteiger partial charge in [0.05, 0.1) is 0 Å². The van der Waals surface area contributed by atoms with E-state index in [1.807, 2.05) is 24.3 Å². The van der Waals surface area contributed by atoms with E-state index in [0.29, 0.717) is 23.7 Å². The SMILES string of the molecule is CCC1=CC=C([C@@H](COc2ccc(CC3(C)SC(=O)N(N)C3=O)cc2)OC(C)=O)CN1. The Morgan fingerprint density at radius 2 is 2.00 bits per heavy atom. The lowest BCUT2D eigenvalue weighted by molar-refractivity contribution is -0.145. The summed E-state index contributed by atoms with van der Waals surface area (Å²) in [4.78, 5) is 35.5. The average molecular weight is 446 g/mol. The molecule has 2 atom stereocenters. The Morgan fingerprint density at radius 1 is 1.29 bits per heavy atom. The van der Waals surface area contributed by atoms with Gasteiger partial charge in [-0.05, 0) is 60.9 Å². The summed E-state index contributed by atoms with van der Waals surface area (Å²) in [5.41, 5.74) is 2.95. The molecule has 0 radical (unpaired) electrons. The van der Waals surface area contributed by atoms with E-state index in [9.17, 15) is 14.4 Å². The maximum absolute atomic E-state index is 12.2. The number of hydrogen-bond donors (Lipinski definition) is 2. The zero-order chi connectivity index (χ0) is 22.6. The van der Waals surface area contributed by atoms with Crippen LogP contribution in [0.15, 0.2) is 47.7 Å². The number of nitrogens with one attached hydrogen (secondary N) is 1. The van der Waals surface area contributed by atoms with Crippen LogP contribution < -0.4 is 15.9 Å². The summed E-state index contributed by atoms with van der Waals surface area (Å²) in [5, 5.41) is 3.53. The molecule has 8 nitrogen and oxygen atoms in total. The van der Waals surface area contributed by atoms with Gasteiger partial charge in [0.15, 0.2) is 6.10 Å². The van der Waals surface area contributed by atoms with Crippen LogP contribution in [-0.4, -0.2) is 46.1 Å². The van der Waals surface area contributed by atoms with Gasteiger partial charge in [-0.2, -0.15) is 0 Å². The Kier molecular flexibility index (Phi) is 7.07. The second-order valence-electron chi connectivity index (χ2n) is 7.64. The number of hydrogen-bond acceptors (Lipinski definition) is 8. The van der Waals surface area contributed by atoms with E-state index in [1.54, 1.807) is 19.1 Å². The van der Waals surface area contributed by atoms with E-state index in [0.717, 1.165) is 35.0 Å². The molecule has 0 aliphatic carbocycles. The lowest BCUT2D eigenvalue weighted by Crippen LogP contribution is -2.42. The van der Waals surface area contributed by atoms with Crippen molar-refractivity contribution in [3.05, 3.63) is 53.3 Å². The van der Waals surface area contributed by atoms with Crippen molar-refractivity contribution in [2.45, 2.75) is 44.5 Å². The lowest BCUT2D eigenvalue weighted by Gasteiger charge is -2.24. The smallest absolute Gasteiger partial charge is 0.303 e. The molecule has 0 aromatic heterocycles.